The molecule has 0 radical (unpaired) electrons. The number of carbonyl (C=O) groups excluding carboxylic acids is 1. The van der Waals surface area contributed by atoms with Crippen LogP contribution < -0.4 is 0 Å². The van der Waals surface area contributed by atoms with E-state index in [0.717, 1.165) is 29.5 Å². The summed E-state index contributed by atoms with van der Waals surface area (Å²) in [6.45, 7) is 8.15. The number of amides is 1. The van der Waals surface area contributed by atoms with Gasteiger partial charge in [0.05, 0.1) is 22.2 Å². The molecule has 1 aromatic carbocycles. The van der Waals surface area contributed by atoms with Gasteiger partial charge in [0.25, 0.3) is 5.91 Å². The molecule has 32 heavy (non-hydrogen) atoms. The second kappa shape index (κ2) is 9.03. The van der Waals surface area contributed by atoms with Crippen molar-refractivity contribution in [1.29, 1.82) is 0 Å². The normalized spacial score (nSPS) is 15.8. The van der Waals surface area contributed by atoms with Crippen molar-refractivity contribution in [3.63, 3.8) is 0 Å². The lowest BCUT2D eigenvalue weighted by atomic mass is 9.90. The molecule has 0 atom stereocenters. The van der Waals surface area contributed by atoms with Crippen LogP contribution in [0.3, 0.4) is 0 Å². The largest absolute Gasteiger partial charge is 0.339 e. The van der Waals surface area contributed by atoms with Gasteiger partial charge in [0, 0.05) is 32.4 Å². The molecule has 0 unspecified atom stereocenters. The molecular formula is C24H30N4O3S. The summed E-state index contributed by atoms with van der Waals surface area (Å²) in [6.07, 6.45) is 5.01. The number of sulfonamides is 1. The van der Waals surface area contributed by atoms with E-state index in [4.69, 9.17) is 0 Å². The summed E-state index contributed by atoms with van der Waals surface area (Å²) in [5, 5.41) is 4.34. The van der Waals surface area contributed by atoms with Crippen molar-refractivity contribution in [3.8, 4) is 0 Å². The molecule has 1 amide bonds. The molecule has 1 aliphatic heterocycles. The minimum absolute atomic E-state index is 0.0128. The molecule has 3 heterocycles. The van der Waals surface area contributed by atoms with E-state index in [1.807, 2.05) is 51.2 Å². The SMILES string of the molecule is CCN(CC)C(=O)c1cnn2ccc(C3CCN(S(=O)(=O)c4ccc(C)cc4)CC3)cc12. The maximum atomic E-state index is 13.0. The molecule has 0 N–H and O–H groups in total. The quantitative estimate of drug-likeness (QED) is 0.569. The van der Waals surface area contributed by atoms with Gasteiger partial charge in [-0.05, 0) is 69.4 Å². The van der Waals surface area contributed by atoms with Crippen LogP contribution >= 0.6 is 0 Å². The topological polar surface area (TPSA) is 75.0 Å². The predicted octanol–water partition coefficient (Wildman–Crippen LogP) is 3.69. The lowest BCUT2D eigenvalue weighted by Crippen LogP contribution is -2.37. The zero-order chi connectivity index (χ0) is 22.9. The second-order valence-corrected chi connectivity index (χ2v) is 10.3. The van der Waals surface area contributed by atoms with Crippen LogP contribution in [0.4, 0.5) is 0 Å². The third kappa shape index (κ3) is 4.17. The Bertz CT molecular complexity index is 1210. The third-order valence-electron chi connectivity index (χ3n) is 6.41. The molecule has 1 aliphatic rings. The molecule has 3 aromatic rings. The van der Waals surface area contributed by atoms with Gasteiger partial charge in [-0.3, -0.25) is 4.79 Å². The first-order valence-electron chi connectivity index (χ1n) is 11.2. The Labute approximate surface area is 189 Å². The molecule has 7 nitrogen and oxygen atoms in total. The summed E-state index contributed by atoms with van der Waals surface area (Å²) < 4.78 is 29.3. The van der Waals surface area contributed by atoms with Crippen LogP contribution in [-0.4, -0.2) is 59.3 Å². The van der Waals surface area contributed by atoms with Crippen molar-refractivity contribution in [2.24, 2.45) is 0 Å². The van der Waals surface area contributed by atoms with E-state index < -0.39 is 10.0 Å². The Morgan fingerprint density at radius 2 is 1.75 bits per heavy atom. The molecule has 0 bridgehead atoms. The number of carbonyl (C=O) groups is 1. The van der Waals surface area contributed by atoms with Gasteiger partial charge in [-0.25, -0.2) is 12.9 Å². The number of fused-ring (bicyclic) bond motifs is 1. The average molecular weight is 455 g/mol. The van der Waals surface area contributed by atoms with Gasteiger partial charge in [0.2, 0.25) is 10.0 Å². The number of pyridine rings is 1. The summed E-state index contributed by atoms with van der Waals surface area (Å²) in [4.78, 5) is 15.0. The van der Waals surface area contributed by atoms with E-state index >= 15 is 0 Å². The number of rotatable bonds is 6. The fraction of sp³-hybridized carbons (Fsp3) is 0.417. The van der Waals surface area contributed by atoms with Crippen LogP contribution in [0.2, 0.25) is 0 Å². The van der Waals surface area contributed by atoms with Crippen molar-refractivity contribution in [3.05, 3.63) is 65.5 Å². The van der Waals surface area contributed by atoms with Crippen LogP contribution in [0.25, 0.3) is 5.52 Å². The van der Waals surface area contributed by atoms with Crippen molar-refractivity contribution in [2.75, 3.05) is 26.2 Å². The smallest absolute Gasteiger partial charge is 0.257 e. The third-order valence-corrected chi connectivity index (χ3v) is 8.32. The van der Waals surface area contributed by atoms with Gasteiger partial charge in [0.1, 0.15) is 0 Å². The summed E-state index contributed by atoms with van der Waals surface area (Å²) in [7, 11) is -3.47. The van der Waals surface area contributed by atoms with Crippen molar-refractivity contribution in [2.45, 2.75) is 44.4 Å². The summed E-state index contributed by atoms with van der Waals surface area (Å²) in [5.74, 6) is 0.233. The molecule has 0 saturated carbocycles. The fourth-order valence-electron chi connectivity index (χ4n) is 4.39. The number of hydrogen-bond donors (Lipinski definition) is 0. The highest BCUT2D eigenvalue weighted by Crippen LogP contribution is 2.32. The van der Waals surface area contributed by atoms with Gasteiger partial charge in [-0.15, -0.1) is 0 Å². The zero-order valence-corrected chi connectivity index (χ0v) is 19.7. The van der Waals surface area contributed by atoms with Gasteiger partial charge < -0.3 is 4.90 Å². The molecule has 1 fully saturated rings. The highest BCUT2D eigenvalue weighted by Gasteiger charge is 2.30. The van der Waals surface area contributed by atoms with Gasteiger partial charge in [-0.2, -0.15) is 9.40 Å². The van der Waals surface area contributed by atoms with E-state index in [9.17, 15) is 13.2 Å². The lowest BCUT2D eigenvalue weighted by molar-refractivity contribution is 0.0775. The van der Waals surface area contributed by atoms with E-state index in [1.165, 1.54) is 0 Å². The Morgan fingerprint density at radius 3 is 2.38 bits per heavy atom. The number of hydrogen-bond acceptors (Lipinski definition) is 4. The van der Waals surface area contributed by atoms with Crippen molar-refractivity contribution < 1.29 is 13.2 Å². The maximum Gasteiger partial charge on any atom is 0.257 e. The van der Waals surface area contributed by atoms with Gasteiger partial charge >= 0.3 is 0 Å². The Kier molecular flexibility index (Phi) is 6.35. The van der Waals surface area contributed by atoms with E-state index in [1.54, 1.807) is 32.1 Å². The predicted molar refractivity (Wildman–Crippen MR) is 124 cm³/mol. The fourth-order valence-corrected chi connectivity index (χ4v) is 5.86. The summed E-state index contributed by atoms with van der Waals surface area (Å²) in [5.41, 5.74) is 3.57. The number of piperidine rings is 1. The molecule has 1 saturated heterocycles. The van der Waals surface area contributed by atoms with E-state index in [0.29, 0.717) is 36.6 Å². The minimum Gasteiger partial charge on any atom is -0.339 e. The minimum atomic E-state index is -3.47. The van der Waals surface area contributed by atoms with Crippen molar-refractivity contribution >= 4 is 21.4 Å². The van der Waals surface area contributed by atoms with E-state index in [2.05, 4.69) is 5.10 Å². The second-order valence-electron chi connectivity index (χ2n) is 8.32. The zero-order valence-electron chi connectivity index (χ0n) is 18.9. The van der Waals surface area contributed by atoms with Gasteiger partial charge in [-0.1, -0.05) is 17.7 Å². The Morgan fingerprint density at radius 1 is 1.09 bits per heavy atom. The first-order valence-corrected chi connectivity index (χ1v) is 12.6. The van der Waals surface area contributed by atoms with Crippen LogP contribution in [0, 0.1) is 6.92 Å². The Hall–Kier alpha value is -2.71. The average Bonchev–Trinajstić information content (AvgIpc) is 3.23. The van der Waals surface area contributed by atoms with Crippen LogP contribution in [0.1, 0.15) is 54.1 Å². The van der Waals surface area contributed by atoms with Crippen LogP contribution in [0.15, 0.2) is 53.7 Å². The Balaban J connectivity index is 1.52. The highest BCUT2D eigenvalue weighted by atomic mass is 32.2. The highest BCUT2D eigenvalue weighted by molar-refractivity contribution is 7.89. The first kappa shape index (κ1) is 22.5. The summed E-state index contributed by atoms with van der Waals surface area (Å²) >= 11 is 0. The van der Waals surface area contributed by atoms with Gasteiger partial charge in [0.15, 0.2) is 0 Å². The molecule has 2 aromatic heterocycles. The molecule has 170 valence electrons. The summed E-state index contributed by atoms with van der Waals surface area (Å²) in [6, 6.07) is 11.1. The first-order chi connectivity index (χ1) is 15.3. The standard InChI is InChI=1S/C24H30N4O3S/c1-4-26(5-2)24(29)22-17-25-28-15-12-20(16-23(22)28)19-10-13-27(14-11-19)32(30,31)21-8-6-18(3)7-9-21/h6-9,12,15-17,19H,4-5,10-11,13-14H2,1-3H3. The number of nitrogens with zero attached hydrogens (tertiary/aromatic N) is 4. The molecular weight excluding hydrogens is 424 g/mol. The number of aromatic nitrogens is 2. The molecule has 8 heteroatoms. The lowest BCUT2D eigenvalue weighted by Gasteiger charge is -2.31. The van der Waals surface area contributed by atoms with Crippen molar-refractivity contribution in [1.82, 2.24) is 18.8 Å². The number of aryl methyl sites for hydroxylation is 1. The van der Waals surface area contributed by atoms with Crippen LogP contribution in [-0.2, 0) is 10.0 Å². The monoisotopic (exact) mass is 454 g/mol. The van der Waals surface area contributed by atoms with Crippen LogP contribution in [0.5, 0.6) is 0 Å². The molecule has 0 spiro atoms. The van der Waals surface area contributed by atoms with E-state index in [-0.39, 0.29) is 11.8 Å². The number of benzene rings is 1. The molecule has 0 aliphatic carbocycles. The maximum absolute atomic E-state index is 13.0. The molecule has 4 rings (SSSR count).